The van der Waals surface area contributed by atoms with Crippen LogP contribution in [0.15, 0.2) is 30.3 Å². The third kappa shape index (κ3) is 3.38. The van der Waals surface area contributed by atoms with Crippen molar-refractivity contribution in [2.75, 3.05) is 6.54 Å². The number of carbonyl (C=O) groups is 1. The summed E-state index contributed by atoms with van der Waals surface area (Å²) in [6.07, 6.45) is 0.403. The molecule has 0 aliphatic carbocycles. The Bertz CT molecular complexity index is 731. The van der Waals surface area contributed by atoms with Gasteiger partial charge in [0.05, 0.1) is 6.54 Å². The van der Waals surface area contributed by atoms with Crippen LogP contribution in [0.2, 0.25) is 0 Å². The smallest absolute Gasteiger partial charge is 0.410 e. The highest BCUT2D eigenvalue weighted by Crippen LogP contribution is 2.28. The predicted molar refractivity (Wildman–Crippen MR) is 86.5 cm³/mol. The number of rotatable bonds is 1. The minimum atomic E-state index is -0.506. The SMILES string of the molecule is CC(C)(C)OC(=O)N1CCc2[nH]c(-c3ccccc3F)cc2C1. The zero-order valence-electron chi connectivity index (χ0n) is 13.6. The molecule has 1 aliphatic rings. The number of ether oxygens (including phenoxy) is 1. The molecule has 4 nitrogen and oxygen atoms in total. The maximum atomic E-state index is 13.9. The molecule has 3 rings (SSSR count). The molecule has 0 saturated heterocycles. The Morgan fingerprint density at radius 1 is 1.30 bits per heavy atom. The summed E-state index contributed by atoms with van der Waals surface area (Å²) in [6, 6.07) is 8.60. The van der Waals surface area contributed by atoms with E-state index < -0.39 is 5.60 Å². The summed E-state index contributed by atoms with van der Waals surface area (Å²) < 4.78 is 19.3. The molecule has 2 aromatic rings. The highest BCUT2D eigenvalue weighted by Gasteiger charge is 2.27. The van der Waals surface area contributed by atoms with E-state index in [1.807, 2.05) is 32.9 Å². The fourth-order valence-corrected chi connectivity index (χ4v) is 2.74. The zero-order valence-corrected chi connectivity index (χ0v) is 13.6. The second-order valence-corrected chi connectivity index (χ2v) is 6.82. The number of amides is 1. The molecule has 122 valence electrons. The molecule has 2 heterocycles. The summed E-state index contributed by atoms with van der Waals surface area (Å²) in [5.74, 6) is -0.255. The van der Waals surface area contributed by atoms with Crippen molar-refractivity contribution in [2.24, 2.45) is 0 Å². The van der Waals surface area contributed by atoms with Gasteiger partial charge in [-0.1, -0.05) is 12.1 Å². The van der Waals surface area contributed by atoms with Crippen LogP contribution < -0.4 is 0 Å². The molecule has 0 bridgehead atoms. The zero-order chi connectivity index (χ0) is 16.6. The van der Waals surface area contributed by atoms with E-state index in [4.69, 9.17) is 4.74 Å². The van der Waals surface area contributed by atoms with E-state index in [9.17, 15) is 9.18 Å². The highest BCUT2D eigenvalue weighted by molar-refractivity contribution is 5.69. The molecule has 23 heavy (non-hydrogen) atoms. The number of hydrogen-bond acceptors (Lipinski definition) is 2. The van der Waals surface area contributed by atoms with E-state index in [2.05, 4.69) is 4.98 Å². The first-order chi connectivity index (χ1) is 10.8. The number of nitrogens with one attached hydrogen (secondary N) is 1. The minimum absolute atomic E-state index is 0.255. The normalized spacial score (nSPS) is 14.5. The van der Waals surface area contributed by atoms with Crippen molar-refractivity contribution in [3.05, 3.63) is 47.4 Å². The van der Waals surface area contributed by atoms with Gasteiger partial charge >= 0.3 is 6.09 Å². The lowest BCUT2D eigenvalue weighted by Gasteiger charge is -2.29. The van der Waals surface area contributed by atoms with E-state index in [1.54, 1.807) is 17.0 Å². The average Bonchev–Trinajstić information content (AvgIpc) is 2.88. The maximum absolute atomic E-state index is 13.9. The molecule has 1 aromatic heterocycles. The van der Waals surface area contributed by atoms with Crippen LogP contribution in [0.3, 0.4) is 0 Å². The number of nitrogens with zero attached hydrogens (tertiary/aromatic N) is 1. The Morgan fingerprint density at radius 3 is 2.74 bits per heavy atom. The van der Waals surface area contributed by atoms with Crippen molar-refractivity contribution < 1.29 is 13.9 Å². The number of hydrogen-bond donors (Lipinski definition) is 1. The molecular formula is C18H21FN2O2. The molecule has 1 aliphatic heterocycles. The Hall–Kier alpha value is -2.30. The number of aromatic amines is 1. The van der Waals surface area contributed by atoms with Gasteiger partial charge in [0.1, 0.15) is 11.4 Å². The lowest BCUT2D eigenvalue weighted by Crippen LogP contribution is -2.39. The third-order valence-electron chi connectivity index (χ3n) is 3.80. The van der Waals surface area contributed by atoms with Gasteiger partial charge < -0.3 is 14.6 Å². The van der Waals surface area contributed by atoms with Crippen molar-refractivity contribution in [1.29, 1.82) is 0 Å². The summed E-state index contributed by atoms with van der Waals surface area (Å²) in [7, 11) is 0. The van der Waals surface area contributed by atoms with E-state index in [-0.39, 0.29) is 11.9 Å². The van der Waals surface area contributed by atoms with E-state index >= 15 is 0 Å². The number of benzene rings is 1. The molecule has 1 N–H and O–H groups in total. The van der Waals surface area contributed by atoms with Crippen LogP contribution in [0.1, 0.15) is 32.0 Å². The molecule has 0 fully saturated rings. The predicted octanol–water partition coefficient (Wildman–Crippen LogP) is 4.11. The molecule has 0 unspecified atom stereocenters. The lowest BCUT2D eigenvalue weighted by molar-refractivity contribution is 0.0223. The summed E-state index contributed by atoms with van der Waals surface area (Å²) in [5.41, 5.74) is 2.86. The lowest BCUT2D eigenvalue weighted by atomic mass is 10.1. The van der Waals surface area contributed by atoms with Gasteiger partial charge in [-0.25, -0.2) is 9.18 Å². The van der Waals surface area contributed by atoms with E-state index in [0.717, 1.165) is 17.0 Å². The van der Waals surface area contributed by atoms with Crippen LogP contribution in [0, 0.1) is 5.82 Å². The number of fused-ring (bicyclic) bond motifs is 1. The molecule has 0 atom stereocenters. The molecule has 0 radical (unpaired) electrons. The van der Waals surface area contributed by atoms with Crippen LogP contribution in [0.25, 0.3) is 11.3 Å². The minimum Gasteiger partial charge on any atom is -0.444 e. The summed E-state index contributed by atoms with van der Waals surface area (Å²) in [5, 5.41) is 0. The van der Waals surface area contributed by atoms with Gasteiger partial charge in [0.15, 0.2) is 0 Å². The third-order valence-corrected chi connectivity index (χ3v) is 3.80. The first kappa shape index (κ1) is 15.6. The number of carbonyl (C=O) groups excluding carboxylic acids is 1. The molecule has 1 amide bonds. The van der Waals surface area contributed by atoms with Gasteiger partial charge in [0, 0.05) is 29.9 Å². The highest BCUT2D eigenvalue weighted by atomic mass is 19.1. The number of aromatic nitrogens is 1. The van der Waals surface area contributed by atoms with Gasteiger partial charge in [-0.2, -0.15) is 0 Å². The fourth-order valence-electron chi connectivity index (χ4n) is 2.74. The van der Waals surface area contributed by atoms with Crippen molar-refractivity contribution in [3.8, 4) is 11.3 Å². The van der Waals surface area contributed by atoms with Gasteiger partial charge in [0.25, 0.3) is 0 Å². The van der Waals surface area contributed by atoms with Gasteiger partial charge in [-0.05, 0) is 44.5 Å². The summed E-state index contributed by atoms with van der Waals surface area (Å²) in [6.45, 7) is 6.64. The Kier molecular flexibility index (Phi) is 3.88. The quantitative estimate of drug-likeness (QED) is 0.860. The standard InChI is InChI=1S/C18H21FN2O2/c1-18(2,3)23-17(22)21-9-8-15-12(11-21)10-16(20-15)13-6-4-5-7-14(13)19/h4-7,10,20H,8-9,11H2,1-3H3. The Labute approximate surface area is 135 Å². The summed E-state index contributed by atoms with van der Waals surface area (Å²) in [4.78, 5) is 17.2. The van der Waals surface area contributed by atoms with Gasteiger partial charge in [-0.15, -0.1) is 0 Å². The largest absolute Gasteiger partial charge is 0.444 e. The second kappa shape index (κ2) is 5.72. The number of halogens is 1. The van der Waals surface area contributed by atoms with E-state index in [0.29, 0.717) is 25.1 Å². The van der Waals surface area contributed by atoms with Crippen LogP contribution in [-0.4, -0.2) is 28.1 Å². The Balaban J connectivity index is 1.80. The molecule has 0 saturated carbocycles. The van der Waals surface area contributed by atoms with Crippen molar-refractivity contribution >= 4 is 6.09 Å². The Morgan fingerprint density at radius 2 is 2.04 bits per heavy atom. The van der Waals surface area contributed by atoms with Crippen LogP contribution >= 0.6 is 0 Å². The maximum Gasteiger partial charge on any atom is 0.410 e. The fraction of sp³-hybridized carbons (Fsp3) is 0.389. The van der Waals surface area contributed by atoms with E-state index in [1.165, 1.54) is 6.07 Å². The van der Waals surface area contributed by atoms with Gasteiger partial charge in [0.2, 0.25) is 0 Å². The van der Waals surface area contributed by atoms with Gasteiger partial charge in [-0.3, -0.25) is 0 Å². The number of H-pyrrole nitrogens is 1. The molecule has 0 spiro atoms. The monoisotopic (exact) mass is 316 g/mol. The average molecular weight is 316 g/mol. The first-order valence-corrected chi connectivity index (χ1v) is 7.77. The molecule has 1 aromatic carbocycles. The first-order valence-electron chi connectivity index (χ1n) is 7.77. The molecular weight excluding hydrogens is 295 g/mol. The topological polar surface area (TPSA) is 45.3 Å². The van der Waals surface area contributed by atoms with Crippen LogP contribution in [0.5, 0.6) is 0 Å². The molecule has 5 heteroatoms. The van der Waals surface area contributed by atoms with Crippen LogP contribution in [0.4, 0.5) is 9.18 Å². The second-order valence-electron chi connectivity index (χ2n) is 6.82. The van der Waals surface area contributed by atoms with Crippen LogP contribution in [-0.2, 0) is 17.7 Å². The van der Waals surface area contributed by atoms with Crippen molar-refractivity contribution in [3.63, 3.8) is 0 Å². The summed E-state index contributed by atoms with van der Waals surface area (Å²) >= 11 is 0. The van der Waals surface area contributed by atoms with Crippen molar-refractivity contribution in [1.82, 2.24) is 9.88 Å². The van der Waals surface area contributed by atoms with Crippen molar-refractivity contribution in [2.45, 2.75) is 39.3 Å².